The highest BCUT2D eigenvalue weighted by atomic mass is 16.6. The average molecular weight is 259 g/mol. The number of nitriles is 1. The number of non-ortho nitro benzene ring substituents is 1. The third-order valence-electron chi connectivity index (χ3n) is 2.44. The lowest BCUT2D eigenvalue weighted by molar-refractivity contribution is -0.384. The molecule has 0 fully saturated rings. The van der Waals surface area contributed by atoms with Crippen LogP contribution in [0.3, 0.4) is 0 Å². The highest BCUT2D eigenvalue weighted by Crippen LogP contribution is 2.24. The van der Waals surface area contributed by atoms with E-state index >= 15 is 0 Å². The number of hydrogen-bond acceptors (Lipinski definition) is 6. The molecule has 19 heavy (non-hydrogen) atoms. The van der Waals surface area contributed by atoms with Crippen molar-refractivity contribution in [3.8, 4) is 11.8 Å². The van der Waals surface area contributed by atoms with Gasteiger partial charge in [0.15, 0.2) is 0 Å². The predicted octanol–water partition coefficient (Wildman–Crippen LogP) is 1.11. The van der Waals surface area contributed by atoms with Crippen LogP contribution in [-0.4, -0.2) is 26.8 Å². The molecule has 0 bridgehead atoms. The van der Waals surface area contributed by atoms with Gasteiger partial charge in [-0.15, -0.1) is 5.10 Å². The number of methoxy groups -OCH3 is 1. The zero-order valence-electron chi connectivity index (χ0n) is 9.98. The van der Waals surface area contributed by atoms with Crippen LogP contribution < -0.4 is 4.74 Å². The number of rotatable bonds is 4. The molecule has 1 aromatic heterocycles. The topological polar surface area (TPSA) is 107 Å². The molecule has 2 aromatic rings. The third kappa shape index (κ3) is 2.66. The quantitative estimate of drug-likeness (QED) is 0.601. The van der Waals surface area contributed by atoms with E-state index in [-0.39, 0.29) is 18.1 Å². The Morgan fingerprint density at radius 1 is 1.58 bits per heavy atom. The average Bonchev–Trinajstić information content (AvgIpc) is 2.86. The molecule has 1 aromatic carbocycles. The van der Waals surface area contributed by atoms with E-state index in [4.69, 9.17) is 10.00 Å². The van der Waals surface area contributed by atoms with Crippen molar-refractivity contribution in [3.63, 3.8) is 0 Å². The molecule has 0 aliphatic heterocycles. The third-order valence-corrected chi connectivity index (χ3v) is 2.44. The molecule has 0 radical (unpaired) electrons. The van der Waals surface area contributed by atoms with E-state index in [1.54, 1.807) is 0 Å². The first kappa shape index (κ1) is 12.5. The summed E-state index contributed by atoms with van der Waals surface area (Å²) in [6.07, 6.45) is 1.39. The van der Waals surface area contributed by atoms with Crippen molar-refractivity contribution < 1.29 is 9.66 Å². The van der Waals surface area contributed by atoms with Crippen molar-refractivity contribution in [1.82, 2.24) is 14.8 Å². The van der Waals surface area contributed by atoms with Crippen LogP contribution in [0.15, 0.2) is 24.5 Å². The van der Waals surface area contributed by atoms with Gasteiger partial charge in [-0.1, -0.05) is 0 Å². The molecule has 0 saturated carbocycles. The highest BCUT2D eigenvalue weighted by molar-refractivity contribution is 5.43. The Balaban J connectivity index is 2.34. The normalized spacial score (nSPS) is 9.89. The van der Waals surface area contributed by atoms with Gasteiger partial charge in [-0.2, -0.15) is 5.26 Å². The summed E-state index contributed by atoms with van der Waals surface area (Å²) in [7, 11) is 1.48. The summed E-state index contributed by atoms with van der Waals surface area (Å²) in [4.78, 5) is 14.0. The van der Waals surface area contributed by atoms with E-state index in [1.807, 2.05) is 6.07 Å². The monoisotopic (exact) mass is 259 g/mol. The maximum atomic E-state index is 10.7. The minimum Gasteiger partial charge on any atom is -0.496 e. The minimum absolute atomic E-state index is 0.0311. The summed E-state index contributed by atoms with van der Waals surface area (Å²) >= 11 is 0. The lowest BCUT2D eigenvalue weighted by Gasteiger charge is -2.07. The zero-order valence-corrected chi connectivity index (χ0v) is 9.98. The number of hydrogen-bond donors (Lipinski definition) is 0. The van der Waals surface area contributed by atoms with E-state index in [1.165, 1.54) is 36.3 Å². The molecule has 0 spiro atoms. The van der Waals surface area contributed by atoms with Crippen molar-refractivity contribution in [3.05, 3.63) is 46.0 Å². The van der Waals surface area contributed by atoms with Crippen molar-refractivity contribution in [2.45, 2.75) is 6.54 Å². The van der Waals surface area contributed by atoms with Gasteiger partial charge in [0.25, 0.3) is 11.5 Å². The standard InChI is InChI=1S/C11H9N5O3/c1-19-10-3-2-9(16(17)18)4-8(10)6-15-7-13-11(5-12)14-15/h2-4,7H,6H2,1H3. The lowest BCUT2D eigenvalue weighted by atomic mass is 10.2. The van der Waals surface area contributed by atoms with Crippen LogP contribution in [0, 0.1) is 21.4 Å². The van der Waals surface area contributed by atoms with Gasteiger partial charge >= 0.3 is 0 Å². The number of nitro groups is 1. The molecule has 0 amide bonds. The highest BCUT2D eigenvalue weighted by Gasteiger charge is 2.12. The van der Waals surface area contributed by atoms with Crippen molar-refractivity contribution in [2.24, 2.45) is 0 Å². The van der Waals surface area contributed by atoms with E-state index < -0.39 is 4.92 Å². The maximum Gasteiger partial charge on any atom is 0.270 e. The first-order chi connectivity index (χ1) is 9.13. The van der Waals surface area contributed by atoms with E-state index in [0.29, 0.717) is 11.3 Å². The fourth-order valence-electron chi connectivity index (χ4n) is 1.60. The van der Waals surface area contributed by atoms with Gasteiger partial charge in [-0.25, -0.2) is 9.67 Å². The second kappa shape index (κ2) is 5.14. The summed E-state index contributed by atoms with van der Waals surface area (Å²) in [6.45, 7) is 0.236. The van der Waals surface area contributed by atoms with Crippen LogP contribution in [0.5, 0.6) is 5.75 Å². The summed E-state index contributed by atoms with van der Waals surface area (Å²) in [5, 5.41) is 23.3. The molecule has 2 rings (SSSR count). The number of benzene rings is 1. The molecule has 0 atom stereocenters. The fourth-order valence-corrected chi connectivity index (χ4v) is 1.60. The van der Waals surface area contributed by atoms with Crippen molar-refractivity contribution in [2.75, 3.05) is 7.11 Å². The maximum absolute atomic E-state index is 10.7. The first-order valence-corrected chi connectivity index (χ1v) is 5.25. The summed E-state index contributed by atoms with van der Waals surface area (Å²) in [5.74, 6) is 0.559. The summed E-state index contributed by atoms with van der Waals surface area (Å²) < 4.78 is 6.55. The largest absolute Gasteiger partial charge is 0.496 e. The molecule has 0 aliphatic carbocycles. The fraction of sp³-hybridized carbons (Fsp3) is 0.182. The van der Waals surface area contributed by atoms with Crippen LogP contribution >= 0.6 is 0 Å². The zero-order chi connectivity index (χ0) is 13.8. The Labute approximate surface area is 108 Å². The second-order valence-corrected chi connectivity index (χ2v) is 3.63. The van der Waals surface area contributed by atoms with E-state index in [9.17, 15) is 10.1 Å². The van der Waals surface area contributed by atoms with Gasteiger partial charge in [0.2, 0.25) is 0 Å². The molecular formula is C11H9N5O3. The number of ether oxygens (including phenoxy) is 1. The molecule has 0 aliphatic rings. The Kier molecular flexibility index (Phi) is 3.38. The lowest BCUT2D eigenvalue weighted by Crippen LogP contribution is -2.03. The van der Waals surface area contributed by atoms with E-state index in [0.717, 1.165) is 0 Å². The van der Waals surface area contributed by atoms with Crippen LogP contribution in [0.2, 0.25) is 0 Å². The smallest absolute Gasteiger partial charge is 0.270 e. The molecule has 1 heterocycles. The molecular weight excluding hydrogens is 250 g/mol. The molecule has 0 unspecified atom stereocenters. The van der Waals surface area contributed by atoms with Crippen molar-refractivity contribution >= 4 is 5.69 Å². The number of nitro benzene ring substituents is 1. The van der Waals surface area contributed by atoms with Gasteiger partial charge in [-0.05, 0) is 6.07 Å². The number of aromatic nitrogens is 3. The van der Waals surface area contributed by atoms with Gasteiger partial charge in [0.05, 0.1) is 18.6 Å². The van der Waals surface area contributed by atoms with Crippen LogP contribution in [-0.2, 0) is 6.54 Å². The first-order valence-electron chi connectivity index (χ1n) is 5.25. The second-order valence-electron chi connectivity index (χ2n) is 3.63. The molecule has 8 heteroatoms. The van der Waals surface area contributed by atoms with Crippen molar-refractivity contribution in [1.29, 1.82) is 5.26 Å². The number of nitrogens with zero attached hydrogens (tertiary/aromatic N) is 5. The SMILES string of the molecule is COc1ccc([N+](=O)[O-])cc1Cn1cnc(C#N)n1. The van der Waals surface area contributed by atoms with Crippen LogP contribution in [0.4, 0.5) is 5.69 Å². The van der Waals surface area contributed by atoms with Crippen LogP contribution in [0.1, 0.15) is 11.4 Å². The molecule has 96 valence electrons. The van der Waals surface area contributed by atoms with Gasteiger partial charge in [-0.3, -0.25) is 10.1 Å². The van der Waals surface area contributed by atoms with Gasteiger partial charge in [0, 0.05) is 17.7 Å². The Morgan fingerprint density at radius 3 is 2.95 bits per heavy atom. The van der Waals surface area contributed by atoms with Crippen LogP contribution in [0.25, 0.3) is 0 Å². The van der Waals surface area contributed by atoms with Gasteiger partial charge in [0.1, 0.15) is 18.1 Å². The predicted molar refractivity (Wildman–Crippen MR) is 63.5 cm³/mol. The Hall–Kier alpha value is -2.95. The summed E-state index contributed by atoms with van der Waals surface area (Å²) in [6, 6.07) is 6.11. The summed E-state index contributed by atoms with van der Waals surface area (Å²) in [5.41, 5.74) is 0.558. The Morgan fingerprint density at radius 2 is 2.37 bits per heavy atom. The van der Waals surface area contributed by atoms with Gasteiger partial charge < -0.3 is 4.74 Å². The molecule has 0 N–H and O–H groups in total. The minimum atomic E-state index is -0.481. The molecule has 8 nitrogen and oxygen atoms in total. The molecule has 0 saturated heterocycles. The van der Waals surface area contributed by atoms with E-state index in [2.05, 4.69) is 10.1 Å². The Bertz CT molecular complexity index is 659.